The molecular formula is C22H30BrNO5. The fourth-order valence-electron chi connectivity index (χ4n) is 3.41. The third kappa shape index (κ3) is 5.95. The Labute approximate surface area is 181 Å². The van der Waals surface area contributed by atoms with Crippen molar-refractivity contribution in [3.63, 3.8) is 0 Å². The lowest BCUT2D eigenvalue weighted by molar-refractivity contribution is -0.164. The number of oxime groups is 1. The van der Waals surface area contributed by atoms with Crippen LogP contribution in [0, 0.1) is 5.92 Å². The summed E-state index contributed by atoms with van der Waals surface area (Å²) in [7, 11) is 0. The molecule has 6 nitrogen and oxygen atoms in total. The molecule has 1 aliphatic carbocycles. The summed E-state index contributed by atoms with van der Waals surface area (Å²) in [6, 6.07) is 5.66. The third-order valence-corrected chi connectivity index (χ3v) is 5.48. The Hall–Kier alpha value is -1.60. The van der Waals surface area contributed by atoms with E-state index in [1.807, 2.05) is 45.9 Å². The minimum atomic E-state index is -0.659. The lowest BCUT2D eigenvalue weighted by Crippen LogP contribution is -2.38. The number of nitrogens with zero attached hydrogens (tertiary/aromatic N) is 1. The van der Waals surface area contributed by atoms with Gasteiger partial charge in [0.1, 0.15) is 29.8 Å². The lowest BCUT2D eigenvalue weighted by Gasteiger charge is -2.31. The second kappa shape index (κ2) is 9.47. The molecule has 1 aliphatic heterocycles. The molecule has 0 amide bonds. The molecule has 2 atom stereocenters. The maximum atomic E-state index is 12.9. The van der Waals surface area contributed by atoms with E-state index >= 15 is 0 Å². The van der Waals surface area contributed by atoms with Crippen LogP contribution in [0.1, 0.15) is 58.9 Å². The number of rotatable bonds is 8. The molecule has 3 rings (SSSR count). The predicted molar refractivity (Wildman–Crippen MR) is 114 cm³/mol. The molecule has 0 saturated heterocycles. The zero-order valence-corrected chi connectivity index (χ0v) is 19.2. The Balaban J connectivity index is 1.86. The van der Waals surface area contributed by atoms with Gasteiger partial charge in [0.05, 0.1) is 0 Å². The van der Waals surface area contributed by atoms with Crippen molar-refractivity contribution in [3.8, 4) is 5.75 Å². The first-order valence-electron chi connectivity index (χ1n) is 10.3. The van der Waals surface area contributed by atoms with E-state index < -0.39 is 11.7 Å². The normalized spacial score (nSPS) is 20.4. The van der Waals surface area contributed by atoms with Crippen LogP contribution < -0.4 is 4.74 Å². The van der Waals surface area contributed by atoms with Crippen molar-refractivity contribution < 1.29 is 23.8 Å². The van der Waals surface area contributed by atoms with E-state index in [9.17, 15) is 4.79 Å². The monoisotopic (exact) mass is 467 g/mol. The minimum absolute atomic E-state index is 0.261. The van der Waals surface area contributed by atoms with Gasteiger partial charge in [-0.3, -0.25) is 0 Å². The van der Waals surface area contributed by atoms with Crippen LogP contribution in [-0.2, 0) is 19.1 Å². The molecule has 1 aromatic carbocycles. The summed E-state index contributed by atoms with van der Waals surface area (Å²) in [5, 5.41) is 4.18. The average molecular weight is 468 g/mol. The molecule has 0 bridgehead atoms. The van der Waals surface area contributed by atoms with Gasteiger partial charge < -0.3 is 19.0 Å². The number of hydrogen-bond donors (Lipinski definition) is 0. The zero-order chi connectivity index (χ0) is 21.0. The number of esters is 1. The van der Waals surface area contributed by atoms with E-state index in [4.69, 9.17) is 19.0 Å². The number of halogens is 1. The van der Waals surface area contributed by atoms with Crippen LogP contribution in [0.3, 0.4) is 0 Å². The molecule has 7 heteroatoms. The van der Waals surface area contributed by atoms with Gasteiger partial charge >= 0.3 is 5.97 Å². The first kappa shape index (κ1) is 22.1. The smallest absolute Gasteiger partial charge is 0.347 e. The topological polar surface area (TPSA) is 66.3 Å². The summed E-state index contributed by atoms with van der Waals surface area (Å²) in [5.41, 5.74) is 0.872. The van der Waals surface area contributed by atoms with Crippen molar-refractivity contribution in [3.05, 3.63) is 28.2 Å². The highest BCUT2D eigenvalue weighted by Gasteiger charge is 2.34. The third-order valence-electron chi connectivity index (χ3n) is 4.99. The second-order valence-corrected chi connectivity index (χ2v) is 9.45. The van der Waals surface area contributed by atoms with Crippen LogP contribution in [0.25, 0.3) is 0 Å². The van der Waals surface area contributed by atoms with Crippen LogP contribution in [-0.4, -0.2) is 42.7 Å². The van der Waals surface area contributed by atoms with Crippen molar-refractivity contribution in [2.75, 3.05) is 13.2 Å². The van der Waals surface area contributed by atoms with Gasteiger partial charge in [-0.25, -0.2) is 4.79 Å². The molecular weight excluding hydrogens is 438 g/mol. The van der Waals surface area contributed by atoms with Gasteiger partial charge in [0, 0.05) is 16.6 Å². The summed E-state index contributed by atoms with van der Waals surface area (Å²) in [6.07, 6.45) is 3.20. The molecule has 1 heterocycles. The molecule has 2 aliphatic rings. The molecule has 1 unspecified atom stereocenters. The molecule has 160 valence electrons. The maximum Gasteiger partial charge on any atom is 0.347 e. The predicted octanol–water partition coefficient (Wildman–Crippen LogP) is 4.87. The van der Waals surface area contributed by atoms with Gasteiger partial charge in [0.25, 0.3) is 0 Å². The Kier molecular flexibility index (Phi) is 7.22. The summed E-state index contributed by atoms with van der Waals surface area (Å²) in [4.78, 5) is 18.2. The molecule has 1 fully saturated rings. The number of carbonyl (C=O) groups excluding carboxylic acids is 1. The van der Waals surface area contributed by atoms with E-state index in [1.165, 1.54) is 6.42 Å². The molecule has 1 aromatic rings. The summed E-state index contributed by atoms with van der Waals surface area (Å²) >= 11 is 3.51. The van der Waals surface area contributed by atoms with Gasteiger partial charge in [-0.05, 0) is 58.2 Å². The van der Waals surface area contributed by atoms with Gasteiger partial charge in [0.2, 0.25) is 0 Å². The SMILES string of the molecule is CCOC1CON=C1c1cc(Br)ccc1O[C@@H](CC1CCC1)C(=O)OC(C)(C)C. The van der Waals surface area contributed by atoms with Crippen LogP contribution >= 0.6 is 15.9 Å². The molecule has 0 aromatic heterocycles. The van der Waals surface area contributed by atoms with E-state index in [-0.39, 0.29) is 12.1 Å². The van der Waals surface area contributed by atoms with Crippen LogP contribution in [0.5, 0.6) is 5.75 Å². The number of hydrogen-bond acceptors (Lipinski definition) is 6. The van der Waals surface area contributed by atoms with E-state index in [1.54, 1.807) is 0 Å². The Morgan fingerprint density at radius 1 is 1.34 bits per heavy atom. The molecule has 29 heavy (non-hydrogen) atoms. The van der Waals surface area contributed by atoms with Crippen molar-refractivity contribution in [2.45, 2.75) is 71.2 Å². The fourth-order valence-corrected chi connectivity index (χ4v) is 3.77. The molecule has 0 radical (unpaired) electrons. The van der Waals surface area contributed by atoms with Crippen LogP contribution in [0.15, 0.2) is 27.8 Å². The first-order valence-corrected chi connectivity index (χ1v) is 11.1. The molecule has 1 saturated carbocycles. The Morgan fingerprint density at radius 3 is 2.72 bits per heavy atom. The van der Waals surface area contributed by atoms with Gasteiger partial charge in [-0.1, -0.05) is 40.3 Å². The Morgan fingerprint density at radius 2 is 2.10 bits per heavy atom. The van der Waals surface area contributed by atoms with E-state index in [2.05, 4.69) is 21.1 Å². The second-order valence-electron chi connectivity index (χ2n) is 8.53. The maximum absolute atomic E-state index is 12.9. The zero-order valence-electron chi connectivity index (χ0n) is 17.6. The van der Waals surface area contributed by atoms with E-state index in [0.29, 0.717) is 37.0 Å². The highest BCUT2D eigenvalue weighted by Crippen LogP contribution is 2.34. The van der Waals surface area contributed by atoms with Gasteiger partial charge in [0.15, 0.2) is 6.10 Å². The van der Waals surface area contributed by atoms with Gasteiger partial charge in [-0.15, -0.1) is 0 Å². The number of benzene rings is 1. The molecule has 0 spiro atoms. The minimum Gasteiger partial charge on any atom is -0.478 e. The van der Waals surface area contributed by atoms with Gasteiger partial charge in [-0.2, -0.15) is 0 Å². The van der Waals surface area contributed by atoms with Crippen molar-refractivity contribution >= 4 is 27.6 Å². The van der Waals surface area contributed by atoms with Crippen molar-refractivity contribution in [1.29, 1.82) is 0 Å². The highest BCUT2D eigenvalue weighted by molar-refractivity contribution is 9.10. The van der Waals surface area contributed by atoms with Crippen molar-refractivity contribution in [2.24, 2.45) is 11.1 Å². The first-order chi connectivity index (χ1) is 13.8. The van der Waals surface area contributed by atoms with E-state index in [0.717, 1.165) is 22.9 Å². The molecule has 0 N–H and O–H groups in total. The fraction of sp³-hybridized carbons (Fsp3) is 0.636. The highest BCUT2D eigenvalue weighted by atomic mass is 79.9. The average Bonchev–Trinajstić information content (AvgIpc) is 3.05. The van der Waals surface area contributed by atoms with Crippen molar-refractivity contribution in [1.82, 2.24) is 0 Å². The Bertz CT molecular complexity index is 754. The standard InChI is InChI=1S/C22H30BrNO5/c1-5-26-19-13-27-24-20(19)16-12-15(23)9-10-17(16)28-18(11-14-7-6-8-14)21(25)29-22(2,3)4/h9-10,12,14,18-19H,5-8,11,13H2,1-4H3/t18-,19?/m0/s1. The van der Waals surface area contributed by atoms with Crippen LogP contribution in [0.4, 0.5) is 0 Å². The number of ether oxygens (including phenoxy) is 3. The summed E-state index contributed by atoms with van der Waals surface area (Å²) in [5.74, 6) is 0.747. The summed E-state index contributed by atoms with van der Waals surface area (Å²) in [6.45, 7) is 8.46. The number of carbonyl (C=O) groups is 1. The largest absolute Gasteiger partial charge is 0.478 e. The lowest BCUT2D eigenvalue weighted by atomic mass is 9.81. The quantitative estimate of drug-likeness (QED) is 0.510. The summed E-state index contributed by atoms with van der Waals surface area (Å²) < 4.78 is 18.5. The van der Waals surface area contributed by atoms with Crippen LogP contribution in [0.2, 0.25) is 0 Å².